The van der Waals surface area contributed by atoms with Crippen LogP contribution in [-0.2, 0) is 0 Å². The van der Waals surface area contributed by atoms with E-state index in [1.165, 1.54) is 17.7 Å². The van der Waals surface area contributed by atoms with Gasteiger partial charge in [-0.1, -0.05) is 26.0 Å². The zero-order chi connectivity index (χ0) is 21.3. The van der Waals surface area contributed by atoms with Gasteiger partial charge in [0.1, 0.15) is 11.4 Å². The van der Waals surface area contributed by atoms with Crippen molar-refractivity contribution in [1.82, 2.24) is 9.78 Å². The summed E-state index contributed by atoms with van der Waals surface area (Å²) in [6, 6.07) is 19.2. The highest BCUT2D eigenvalue weighted by Gasteiger charge is 2.31. The minimum absolute atomic E-state index is 0.277. The van der Waals surface area contributed by atoms with E-state index < -0.39 is 6.36 Å². The summed E-state index contributed by atoms with van der Waals surface area (Å²) < 4.78 is 48.5. The van der Waals surface area contributed by atoms with Crippen molar-refractivity contribution in [3.63, 3.8) is 0 Å². The minimum atomic E-state index is -4.72. The maximum absolute atomic E-state index is 12.4. The Bertz CT molecular complexity index is 1110. The first kappa shape index (κ1) is 19.8. The van der Waals surface area contributed by atoms with Gasteiger partial charge in [-0.25, -0.2) is 4.68 Å². The van der Waals surface area contributed by atoms with Crippen LogP contribution >= 0.6 is 0 Å². The number of hydrogen-bond acceptors (Lipinski definition) is 3. The molecule has 0 aliphatic rings. The average molecular weight is 412 g/mol. The molecule has 4 rings (SSSR count). The highest BCUT2D eigenvalue weighted by molar-refractivity contribution is 5.68. The van der Waals surface area contributed by atoms with E-state index in [1.807, 2.05) is 24.3 Å². The second-order valence-electron chi connectivity index (χ2n) is 7.12. The molecule has 0 spiro atoms. The van der Waals surface area contributed by atoms with Gasteiger partial charge in [-0.3, -0.25) is 0 Å². The highest BCUT2D eigenvalue weighted by Crippen LogP contribution is 2.31. The largest absolute Gasteiger partial charge is 0.573 e. The average Bonchev–Trinajstić information content (AvgIpc) is 3.37. The lowest BCUT2D eigenvalue weighted by Gasteiger charge is -2.09. The van der Waals surface area contributed by atoms with Gasteiger partial charge >= 0.3 is 6.36 Å². The van der Waals surface area contributed by atoms with Crippen LogP contribution in [0.15, 0.2) is 77.4 Å². The first-order chi connectivity index (χ1) is 14.3. The smallest absolute Gasteiger partial charge is 0.463 e. The predicted octanol–water partition coefficient (Wildman–Crippen LogP) is 6.82. The summed E-state index contributed by atoms with van der Waals surface area (Å²) in [7, 11) is 0. The molecule has 0 fully saturated rings. The number of alkyl halides is 3. The second kappa shape index (κ2) is 7.74. The molecule has 0 saturated carbocycles. The number of hydrogen-bond donors (Lipinski definition) is 0. The SMILES string of the molecule is CC(C)c1ccc(-n2nc(-c3ccc(OC(F)(F)F)cc3)cc2-c2ccco2)cc1. The molecule has 154 valence electrons. The van der Waals surface area contributed by atoms with E-state index in [1.54, 1.807) is 29.1 Å². The Kier molecular flexibility index (Phi) is 5.11. The standard InChI is InChI=1S/C23H19F3N2O2/c1-15(2)16-5-9-18(10-6-16)28-21(22-4-3-13-29-22)14-20(27-28)17-7-11-19(12-8-17)30-23(24,25)26/h3-15H,1-2H3. The summed E-state index contributed by atoms with van der Waals surface area (Å²) in [5, 5.41) is 4.68. The quantitative estimate of drug-likeness (QED) is 0.361. The lowest BCUT2D eigenvalue weighted by atomic mass is 10.0. The summed E-state index contributed by atoms with van der Waals surface area (Å²) in [6.45, 7) is 4.25. The molecule has 2 heterocycles. The third-order valence-electron chi connectivity index (χ3n) is 4.67. The third-order valence-corrected chi connectivity index (χ3v) is 4.67. The Morgan fingerprint density at radius 1 is 0.967 bits per heavy atom. The van der Waals surface area contributed by atoms with Crippen LogP contribution in [0.2, 0.25) is 0 Å². The third kappa shape index (κ3) is 4.25. The monoisotopic (exact) mass is 412 g/mol. The first-order valence-corrected chi connectivity index (χ1v) is 9.40. The Hall–Kier alpha value is -3.48. The van der Waals surface area contributed by atoms with Gasteiger partial charge < -0.3 is 9.15 Å². The molecule has 4 aromatic rings. The Balaban J connectivity index is 1.73. The van der Waals surface area contributed by atoms with Crippen molar-refractivity contribution in [3.8, 4) is 34.1 Å². The zero-order valence-corrected chi connectivity index (χ0v) is 16.4. The van der Waals surface area contributed by atoms with Gasteiger partial charge in [0.25, 0.3) is 0 Å². The van der Waals surface area contributed by atoms with Crippen LogP contribution < -0.4 is 4.74 Å². The fourth-order valence-corrected chi connectivity index (χ4v) is 3.15. The van der Waals surface area contributed by atoms with Crippen LogP contribution in [0.3, 0.4) is 0 Å². The molecule has 0 amide bonds. The highest BCUT2D eigenvalue weighted by atomic mass is 19.4. The number of ether oxygens (including phenoxy) is 1. The number of benzene rings is 2. The molecule has 0 aliphatic carbocycles. The number of rotatable bonds is 5. The maximum atomic E-state index is 12.4. The van der Waals surface area contributed by atoms with Crippen molar-refractivity contribution in [2.24, 2.45) is 0 Å². The van der Waals surface area contributed by atoms with Crippen LogP contribution in [-0.4, -0.2) is 16.1 Å². The lowest BCUT2D eigenvalue weighted by molar-refractivity contribution is -0.274. The van der Waals surface area contributed by atoms with E-state index in [9.17, 15) is 13.2 Å². The molecule has 0 radical (unpaired) electrons. The molecule has 0 aliphatic heterocycles. The van der Waals surface area contributed by atoms with E-state index >= 15 is 0 Å². The molecular formula is C23H19F3N2O2. The van der Waals surface area contributed by atoms with Gasteiger partial charge in [-0.15, -0.1) is 13.2 Å². The molecule has 0 bridgehead atoms. The van der Waals surface area contributed by atoms with Gasteiger partial charge in [0.2, 0.25) is 0 Å². The summed E-state index contributed by atoms with van der Waals surface area (Å²) in [5.74, 6) is 0.772. The summed E-state index contributed by atoms with van der Waals surface area (Å²) in [5.41, 5.74) is 4.07. The van der Waals surface area contributed by atoms with Crippen molar-refractivity contribution in [1.29, 1.82) is 0 Å². The van der Waals surface area contributed by atoms with Crippen LogP contribution in [0, 0.1) is 0 Å². The van der Waals surface area contributed by atoms with Gasteiger partial charge in [-0.2, -0.15) is 5.10 Å². The van der Waals surface area contributed by atoms with Crippen molar-refractivity contribution in [2.75, 3.05) is 0 Å². The lowest BCUT2D eigenvalue weighted by Crippen LogP contribution is -2.16. The summed E-state index contributed by atoms with van der Waals surface area (Å²) in [4.78, 5) is 0. The topological polar surface area (TPSA) is 40.2 Å². The van der Waals surface area contributed by atoms with E-state index in [4.69, 9.17) is 4.42 Å². The van der Waals surface area contributed by atoms with E-state index in [0.29, 0.717) is 22.9 Å². The van der Waals surface area contributed by atoms with Crippen LogP contribution in [0.1, 0.15) is 25.3 Å². The minimum Gasteiger partial charge on any atom is -0.463 e. The molecule has 2 aromatic heterocycles. The fraction of sp³-hybridized carbons (Fsp3) is 0.174. The Morgan fingerprint density at radius 3 is 2.23 bits per heavy atom. The maximum Gasteiger partial charge on any atom is 0.573 e. The molecule has 7 heteroatoms. The van der Waals surface area contributed by atoms with Crippen LogP contribution in [0.4, 0.5) is 13.2 Å². The second-order valence-corrected chi connectivity index (χ2v) is 7.12. The summed E-state index contributed by atoms with van der Waals surface area (Å²) in [6.07, 6.45) is -3.14. The molecule has 0 atom stereocenters. The van der Waals surface area contributed by atoms with Gasteiger partial charge in [0.05, 0.1) is 17.6 Å². The van der Waals surface area contributed by atoms with Crippen LogP contribution in [0.5, 0.6) is 5.75 Å². The van der Waals surface area contributed by atoms with E-state index in [0.717, 1.165) is 11.4 Å². The number of furan rings is 1. The number of aromatic nitrogens is 2. The van der Waals surface area contributed by atoms with Crippen molar-refractivity contribution < 1.29 is 22.3 Å². The van der Waals surface area contributed by atoms with E-state index in [-0.39, 0.29) is 5.75 Å². The van der Waals surface area contributed by atoms with Gasteiger partial charge in [0.15, 0.2) is 5.76 Å². The Labute approximate surface area is 171 Å². The molecule has 30 heavy (non-hydrogen) atoms. The predicted molar refractivity (Wildman–Crippen MR) is 107 cm³/mol. The molecule has 0 unspecified atom stereocenters. The van der Waals surface area contributed by atoms with Gasteiger partial charge in [0, 0.05) is 5.56 Å². The number of nitrogens with zero attached hydrogens (tertiary/aromatic N) is 2. The molecule has 2 aromatic carbocycles. The summed E-state index contributed by atoms with van der Waals surface area (Å²) >= 11 is 0. The fourth-order valence-electron chi connectivity index (χ4n) is 3.15. The van der Waals surface area contributed by atoms with Crippen molar-refractivity contribution in [2.45, 2.75) is 26.1 Å². The number of halogens is 3. The van der Waals surface area contributed by atoms with E-state index in [2.05, 4.69) is 35.8 Å². The van der Waals surface area contributed by atoms with Gasteiger partial charge in [-0.05, 0) is 66.1 Å². The first-order valence-electron chi connectivity index (χ1n) is 9.40. The van der Waals surface area contributed by atoms with Crippen LogP contribution in [0.25, 0.3) is 28.4 Å². The van der Waals surface area contributed by atoms with Crippen molar-refractivity contribution >= 4 is 0 Å². The zero-order valence-electron chi connectivity index (χ0n) is 16.4. The molecule has 0 N–H and O–H groups in total. The molecule has 0 saturated heterocycles. The normalized spacial score (nSPS) is 11.8. The molecule has 4 nitrogen and oxygen atoms in total. The Morgan fingerprint density at radius 2 is 1.67 bits per heavy atom. The molecular weight excluding hydrogens is 393 g/mol. The van der Waals surface area contributed by atoms with Crippen molar-refractivity contribution in [3.05, 3.63) is 78.6 Å².